The van der Waals surface area contributed by atoms with E-state index in [0.717, 1.165) is 16.9 Å². The van der Waals surface area contributed by atoms with E-state index in [-0.39, 0.29) is 5.91 Å². The van der Waals surface area contributed by atoms with Crippen molar-refractivity contribution in [3.05, 3.63) is 48.3 Å². The second-order valence-electron chi connectivity index (χ2n) is 5.35. The monoisotopic (exact) mass is 325 g/mol. The van der Waals surface area contributed by atoms with Crippen LogP contribution in [0.25, 0.3) is 11.0 Å². The van der Waals surface area contributed by atoms with Crippen LogP contribution in [-0.2, 0) is 11.2 Å². The Kier molecular flexibility index (Phi) is 4.65. The molecule has 3 aromatic rings. The van der Waals surface area contributed by atoms with Crippen molar-refractivity contribution in [1.29, 1.82) is 0 Å². The number of aryl methyl sites for hydroxylation is 1. The number of carbonyl (C=O) groups excluding carboxylic acids is 1. The molecule has 0 spiro atoms. The van der Waals surface area contributed by atoms with Crippen LogP contribution < -0.4 is 14.8 Å². The van der Waals surface area contributed by atoms with Crippen molar-refractivity contribution in [1.82, 2.24) is 9.97 Å². The van der Waals surface area contributed by atoms with Crippen molar-refractivity contribution in [3.8, 4) is 11.5 Å². The molecule has 0 saturated heterocycles. The molecule has 2 N–H and O–H groups in total. The van der Waals surface area contributed by atoms with Crippen LogP contribution in [0.2, 0.25) is 0 Å². The van der Waals surface area contributed by atoms with Crippen LogP contribution in [-0.4, -0.2) is 30.1 Å². The molecule has 124 valence electrons. The predicted molar refractivity (Wildman–Crippen MR) is 92.6 cm³/mol. The first-order valence-corrected chi connectivity index (χ1v) is 7.64. The number of nitrogens with one attached hydrogen (secondary N) is 2. The normalized spacial score (nSPS) is 10.6. The number of hydrogen-bond acceptors (Lipinski definition) is 4. The summed E-state index contributed by atoms with van der Waals surface area (Å²) in [6.45, 7) is 0. The predicted octanol–water partition coefficient (Wildman–Crippen LogP) is 3.15. The van der Waals surface area contributed by atoms with Crippen molar-refractivity contribution in [2.24, 2.45) is 0 Å². The third-order valence-corrected chi connectivity index (χ3v) is 3.66. The number of carbonyl (C=O) groups is 1. The van der Waals surface area contributed by atoms with E-state index in [9.17, 15) is 4.79 Å². The zero-order valence-electron chi connectivity index (χ0n) is 13.6. The van der Waals surface area contributed by atoms with E-state index in [2.05, 4.69) is 15.3 Å². The van der Waals surface area contributed by atoms with Crippen LogP contribution in [0.3, 0.4) is 0 Å². The van der Waals surface area contributed by atoms with Crippen LogP contribution >= 0.6 is 0 Å². The molecule has 1 aromatic heterocycles. The van der Waals surface area contributed by atoms with Gasteiger partial charge in [-0.3, -0.25) is 4.79 Å². The molecular weight excluding hydrogens is 306 g/mol. The molecule has 1 amide bonds. The van der Waals surface area contributed by atoms with E-state index in [4.69, 9.17) is 9.47 Å². The van der Waals surface area contributed by atoms with Gasteiger partial charge in [0.15, 0.2) is 0 Å². The summed E-state index contributed by atoms with van der Waals surface area (Å²) in [6.07, 6.45) is 0.876. The molecule has 3 rings (SSSR count). The molecule has 2 aromatic carbocycles. The van der Waals surface area contributed by atoms with Gasteiger partial charge in [0.25, 0.3) is 0 Å². The number of anilines is 1. The smallest absolute Gasteiger partial charge is 0.224 e. The summed E-state index contributed by atoms with van der Waals surface area (Å²) < 4.78 is 10.4. The van der Waals surface area contributed by atoms with E-state index in [1.54, 1.807) is 32.4 Å². The van der Waals surface area contributed by atoms with E-state index in [0.29, 0.717) is 30.0 Å². The molecule has 24 heavy (non-hydrogen) atoms. The lowest BCUT2D eigenvalue weighted by Crippen LogP contribution is -2.12. The van der Waals surface area contributed by atoms with Gasteiger partial charge in [-0.15, -0.1) is 0 Å². The largest absolute Gasteiger partial charge is 0.497 e. The van der Waals surface area contributed by atoms with E-state index < -0.39 is 0 Å². The zero-order valence-corrected chi connectivity index (χ0v) is 13.6. The number of aromatic amines is 1. The minimum Gasteiger partial charge on any atom is -0.497 e. The lowest BCUT2D eigenvalue weighted by Gasteiger charge is -2.09. The Hall–Kier alpha value is -3.02. The third kappa shape index (κ3) is 3.65. The van der Waals surface area contributed by atoms with Crippen molar-refractivity contribution in [2.45, 2.75) is 12.8 Å². The number of nitrogens with zero attached hydrogens (tertiary/aromatic N) is 1. The quantitative estimate of drug-likeness (QED) is 0.730. The van der Waals surface area contributed by atoms with E-state index in [1.165, 1.54) is 0 Å². The molecule has 0 radical (unpaired) electrons. The average molecular weight is 325 g/mol. The minimum absolute atomic E-state index is 0.0919. The molecule has 0 aliphatic rings. The summed E-state index contributed by atoms with van der Waals surface area (Å²) in [5, 5.41) is 2.85. The highest BCUT2D eigenvalue weighted by atomic mass is 16.5. The number of benzene rings is 2. The maximum atomic E-state index is 12.2. The van der Waals surface area contributed by atoms with Crippen LogP contribution in [0.15, 0.2) is 42.5 Å². The molecule has 0 aliphatic heterocycles. The summed E-state index contributed by atoms with van der Waals surface area (Å²) in [5.41, 5.74) is 2.52. The number of amides is 1. The maximum Gasteiger partial charge on any atom is 0.224 e. The second-order valence-corrected chi connectivity index (χ2v) is 5.35. The van der Waals surface area contributed by atoms with Crippen LogP contribution in [0.5, 0.6) is 11.5 Å². The Balaban J connectivity index is 1.63. The van der Waals surface area contributed by atoms with Crippen molar-refractivity contribution in [2.75, 3.05) is 19.5 Å². The van der Waals surface area contributed by atoms with Gasteiger partial charge in [0.2, 0.25) is 5.91 Å². The minimum atomic E-state index is -0.0919. The lowest BCUT2D eigenvalue weighted by atomic mass is 10.2. The van der Waals surface area contributed by atoms with Gasteiger partial charge in [-0.25, -0.2) is 4.98 Å². The molecule has 0 bridgehead atoms. The van der Waals surface area contributed by atoms with Crippen LogP contribution in [0, 0.1) is 0 Å². The summed E-state index contributed by atoms with van der Waals surface area (Å²) in [5.74, 6) is 1.96. The highest BCUT2D eigenvalue weighted by molar-refractivity contribution is 5.91. The molecule has 0 unspecified atom stereocenters. The van der Waals surface area contributed by atoms with E-state index >= 15 is 0 Å². The summed E-state index contributed by atoms with van der Waals surface area (Å²) in [6, 6.07) is 13.1. The van der Waals surface area contributed by atoms with Gasteiger partial charge < -0.3 is 19.8 Å². The van der Waals surface area contributed by atoms with Crippen molar-refractivity contribution in [3.63, 3.8) is 0 Å². The number of ether oxygens (including phenoxy) is 2. The van der Waals surface area contributed by atoms with Gasteiger partial charge in [0.05, 0.1) is 25.3 Å². The zero-order chi connectivity index (χ0) is 16.9. The maximum absolute atomic E-state index is 12.2. The summed E-state index contributed by atoms with van der Waals surface area (Å²) in [4.78, 5) is 19.9. The van der Waals surface area contributed by atoms with Gasteiger partial charge in [-0.1, -0.05) is 12.1 Å². The molecule has 0 fully saturated rings. The fraction of sp³-hybridized carbons (Fsp3) is 0.222. The Morgan fingerprint density at radius 3 is 2.50 bits per heavy atom. The van der Waals surface area contributed by atoms with Crippen LogP contribution in [0.4, 0.5) is 5.69 Å². The van der Waals surface area contributed by atoms with Gasteiger partial charge >= 0.3 is 0 Å². The topological polar surface area (TPSA) is 76.2 Å². The van der Waals surface area contributed by atoms with E-state index in [1.807, 2.05) is 24.3 Å². The number of aromatic nitrogens is 2. The summed E-state index contributed by atoms with van der Waals surface area (Å²) in [7, 11) is 3.14. The van der Waals surface area contributed by atoms with Gasteiger partial charge in [-0.05, 0) is 12.1 Å². The fourth-order valence-corrected chi connectivity index (χ4v) is 2.46. The third-order valence-electron chi connectivity index (χ3n) is 3.66. The SMILES string of the molecule is COc1cc(NC(=O)CCc2nc3ccccc3[nH]2)cc(OC)c1. The average Bonchev–Trinajstić information content (AvgIpc) is 3.02. The Bertz CT molecular complexity index is 802. The Morgan fingerprint density at radius 1 is 1.12 bits per heavy atom. The number of rotatable bonds is 6. The van der Waals surface area contributed by atoms with Gasteiger partial charge in [-0.2, -0.15) is 0 Å². The standard InChI is InChI=1S/C18H19N3O3/c1-23-13-9-12(10-14(11-13)24-2)19-18(22)8-7-17-20-15-5-3-4-6-16(15)21-17/h3-6,9-11H,7-8H2,1-2H3,(H,19,22)(H,20,21). The van der Waals surface area contributed by atoms with Gasteiger partial charge in [0.1, 0.15) is 17.3 Å². The first-order chi connectivity index (χ1) is 11.7. The van der Waals surface area contributed by atoms with Crippen LogP contribution in [0.1, 0.15) is 12.2 Å². The first-order valence-electron chi connectivity index (χ1n) is 7.64. The second kappa shape index (κ2) is 7.04. The number of fused-ring (bicyclic) bond motifs is 1. The molecular formula is C18H19N3O3. The number of para-hydroxylation sites is 2. The lowest BCUT2D eigenvalue weighted by molar-refractivity contribution is -0.116. The highest BCUT2D eigenvalue weighted by Gasteiger charge is 2.08. The summed E-state index contributed by atoms with van der Waals surface area (Å²) >= 11 is 0. The molecule has 0 aliphatic carbocycles. The Labute approximate surface area is 139 Å². The number of methoxy groups -OCH3 is 2. The van der Waals surface area contributed by atoms with Crippen molar-refractivity contribution >= 4 is 22.6 Å². The number of hydrogen-bond donors (Lipinski definition) is 2. The first kappa shape index (κ1) is 15.9. The molecule has 6 nitrogen and oxygen atoms in total. The highest BCUT2D eigenvalue weighted by Crippen LogP contribution is 2.25. The Morgan fingerprint density at radius 2 is 1.83 bits per heavy atom. The molecule has 0 atom stereocenters. The molecule has 1 heterocycles. The number of imidazole rings is 1. The molecule has 0 saturated carbocycles. The fourth-order valence-electron chi connectivity index (χ4n) is 2.46. The number of H-pyrrole nitrogens is 1. The molecule has 6 heteroatoms. The van der Waals surface area contributed by atoms with Gasteiger partial charge in [0, 0.05) is 36.7 Å². The van der Waals surface area contributed by atoms with Crippen molar-refractivity contribution < 1.29 is 14.3 Å².